The van der Waals surface area contributed by atoms with E-state index in [9.17, 15) is 9.59 Å². The van der Waals surface area contributed by atoms with Crippen LogP contribution in [0.4, 0.5) is 4.79 Å². The summed E-state index contributed by atoms with van der Waals surface area (Å²) in [6.45, 7) is 11.3. The molecule has 5 heteroatoms. The number of likely N-dealkylation sites (tertiary alicyclic amines) is 1. The van der Waals surface area contributed by atoms with Gasteiger partial charge in [0.1, 0.15) is 11.7 Å². The molecule has 0 saturated carbocycles. The normalized spacial score (nSPS) is 23.7. The molecular weight excluding hydrogens is 234 g/mol. The van der Waals surface area contributed by atoms with E-state index in [-0.39, 0.29) is 24.1 Å². The molecule has 1 rings (SSSR count). The molecule has 0 aromatic heterocycles. The van der Waals surface area contributed by atoms with Crippen LogP contribution in [-0.2, 0) is 14.3 Å². The van der Waals surface area contributed by atoms with Crippen molar-refractivity contribution in [1.29, 1.82) is 0 Å². The lowest BCUT2D eigenvalue weighted by molar-refractivity contribution is -0.146. The molecule has 18 heavy (non-hydrogen) atoms. The Morgan fingerprint density at radius 3 is 2.39 bits per heavy atom. The van der Waals surface area contributed by atoms with Crippen molar-refractivity contribution in [3.05, 3.63) is 12.7 Å². The second-order valence-electron chi connectivity index (χ2n) is 5.43. The molecule has 5 nitrogen and oxygen atoms in total. The van der Waals surface area contributed by atoms with Crippen molar-refractivity contribution < 1.29 is 19.1 Å². The SMILES string of the molecule is C=C[C@H]1CN(C(=O)OC(C)(C)C)C[C@H]1OC(C)=O. The van der Waals surface area contributed by atoms with Crippen molar-refractivity contribution in [3.63, 3.8) is 0 Å². The van der Waals surface area contributed by atoms with Gasteiger partial charge in [0.15, 0.2) is 0 Å². The lowest BCUT2D eigenvalue weighted by Gasteiger charge is -2.24. The van der Waals surface area contributed by atoms with Crippen LogP contribution >= 0.6 is 0 Å². The van der Waals surface area contributed by atoms with Gasteiger partial charge in [-0.25, -0.2) is 4.79 Å². The van der Waals surface area contributed by atoms with Gasteiger partial charge in [0.25, 0.3) is 0 Å². The van der Waals surface area contributed by atoms with Crippen LogP contribution in [0.3, 0.4) is 0 Å². The number of ether oxygens (including phenoxy) is 2. The molecule has 1 amide bonds. The average Bonchev–Trinajstić information content (AvgIpc) is 2.57. The van der Waals surface area contributed by atoms with E-state index in [1.807, 2.05) is 20.8 Å². The van der Waals surface area contributed by atoms with Gasteiger partial charge < -0.3 is 14.4 Å². The quantitative estimate of drug-likeness (QED) is 0.559. The zero-order chi connectivity index (χ0) is 13.9. The molecule has 0 aromatic rings. The maximum Gasteiger partial charge on any atom is 0.410 e. The first kappa shape index (κ1) is 14.5. The molecular formula is C13H21NO4. The molecule has 2 atom stereocenters. The summed E-state index contributed by atoms with van der Waals surface area (Å²) in [5.74, 6) is -0.390. The standard InChI is InChI=1S/C13H21NO4/c1-6-10-7-14(8-11(10)17-9(2)15)12(16)18-13(3,4)5/h6,10-11H,1,7-8H2,2-5H3/t10-,11+/m0/s1. The maximum atomic E-state index is 11.9. The second kappa shape index (κ2) is 5.42. The van der Waals surface area contributed by atoms with E-state index in [2.05, 4.69) is 6.58 Å². The Morgan fingerprint density at radius 2 is 1.94 bits per heavy atom. The highest BCUT2D eigenvalue weighted by atomic mass is 16.6. The molecule has 1 aliphatic rings. The number of esters is 1. The Labute approximate surface area is 108 Å². The van der Waals surface area contributed by atoms with Crippen LogP contribution in [0.5, 0.6) is 0 Å². The predicted octanol–water partition coefficient (Wildman–Crippen LogP) is 1.97. The Kier molecular flexibility index (Phi) is 4.38. The first-order chi connectivity index (χ1) is 8.23. The van der Waals surface area contributed by atoms with E-state index in [1.54, 1.807) is 11.0 Å². The smallest absolute Gasteiger partial charge is 0.410 e. The topological polar surface area (TPSA) is 55.8 Å². The molecule has 1 aliphatic heterocycles. The van der Waals surface area contributed by atoms with Crippen LogP contribution in [-0.4, -0.2) is 41.8 Å². The highest BCUT2D eigenvalue weighted by Crippen LogP contribution is 2.23. The van der Waals surface area contributed by atoms with Gasteiger partial charge in [-0.3, -0.25) is 4.79 Å². The largest absolute Gasteiger partial charge is 0.460 e. The van der Waals surface area contributed by atoms with Crippen molar-refractivity contribution in [2.75, 3.05) is 13.1 Å². The Hall–Kier alpha value is -1.52. The van der Waals surface area contributed by atoms with Gasteiger partial charge in [-0.1, -0.05) is 6.08 Å². The molecule has 0 aliphatic carbocycles. The highest BCUT2D eigenvalue weighted by Gasteiger charge is 2.37. The first-order valence-electron chi connectivity index (χ1n) is 6.00. The molecule has 0 N–H and O–H groups in total. The second-order valence-corrected chi connectivity index (χ2v) is 5.43. The third kappa shape index (κ3) is 4.05. The molecule has 0 spiro atoms. The Morgan fingerprint density at radius 1 is 1.33 bits per heavy atom. The van der Waals surface area contributed by atoms with Crippen molar-refractivity contribution >= 4 is 12.1 Å². The minimum atomic E-state index is -0.528. The number of rotatable bonds is 2. The predicted molar refractivity (Wildman–Crippen MR) is 67.0 cm³/mol. The molecule has 0 unspecified atom stereocenters. The van der Waals surface area contributed by atoms with Crippen LogP contribution in [0, 0.1) is 5.92 Å². The number of hydrogen-bond acceptors (Lipinski definition) is 4. The Balaban J connectivity index is 2.63. The fourth-order valence-corrected chi connectivity index (χ4v) is 1.84. The minimum Gasteiger partial charge on any atom is -0.460 e. The number of carbonyl (C=O) groups excluding carboxylic acids is 2. The third-order valence-electron chi connectivity index (χ3n) is 2.58. The van der Waals surface area contributed by atoms with E-state index in [0.717, 1.165) is 0 Å². The summed E-state index contributed by atoms with van der Waals surface area (Å²) in [6.07, 6.45) is 0.995. The van der Waals surface area contributed by atoms with Crippen molar-refractivity contribution in [2.24, 2.45) is 5.92 Å². The zero-order valence-electron chi connectivity index (χ0n) is 11.4. The summed E-state index contributed by atoms with van der Waals surface area (Å²) in [6, 6.07) is 0. The highest BCUT2D eigenvalue weighted by molar-refractivity contribution is 5.69. The maximum absolute atomic E-state index is 11.9. The number of hydrogen-bond donors (Lipinski definition) is 0. The number of amides is 1. The summed E-state index contributed by atoms with van der Waals surface area (Å²) in [4.78, 5) is 24.4. The summed E-state index contributed by atoms with van der Waals surface area (Å²) >= 11 is 0. The van der Waals surface area contributed by atoms with Gasteiger partial charge in [0, 0.05) is 19.4 Å². The van der Waals surface area contributed by atoms with Crippen molar-refractivity contribution in [1.82, 2.24) is 4.90 Å². The lowest BCUT2D eigenvalue weighted by Crippen LogP contribution is -2.36. The van der Waals surface area contributed by atoms with E-state index in [0.29, 0.717) is 13.1 Å². The van der Waals surface area contributed by atoms with Gasteiger partial charge in [0.2, 0.25) is 0 Å². The van der Waals surface area contributed by atoms with Crippen LogP contribution in [0.25, 0.3) is 0 Å². The minimum absolute atomic E-state index is 0.0404. The van der Waals surface area contributed by atoms with E-state index in [1.165, 1.54) is 6.92 Å². The van der Waals surface area contributed by atoms with Gasteiger partial charge in [0.05, 0.1) is 6.54 Å². The van der Waals surface area contributed by atoms with Gasteiger partial charge >= 0.3 is 12.1 Å². The molecule has 0 bridgehead atoms. The molecule has 1 heterocycles. The average molecular weight is 255 g/mol. The number of nitrogens with zero attached hydrogens (tertiary/aromatic N) is 1. The Bertz CT molecular complexity index is 345. The van der Waals surface area contributed by atoms with Crippen LogP contribution in [0.15, 0.2) is 12.7 Å². The summed E-state index contributed by atoms with van der Waals surface area (Å²) in [5.41, 5.74) is -0.528. The van der Waals surface area contributed by atoms with Crippen LogP contribution in [0.2, 0.25) is 0 Å². The van der Waals surface area contributed by atoms with E-state index in [4.69, 9.17) is 9.47 Å². The summed E-state index contributed by atoms with van der Waals surface area (Å²) in [5, 5.41) is 0. The molecule has 1 saturated heterocycles. The molecule has 0 radical (unpaired) electrons. The van der Waals surface area contributed by atoms with Crippen molar-refractivity contribution in [2.45, 2.75) is 39.4 Å². The summed E-state index contributed by atoms with van der Waals surface area (Å²) < 4.78 is 10.4. The van der Waals surface area contributed by atoms with Gasteiger partial charge in [-0.05, 0) is 20.8 Å². The third-order valence-corrected chi connectivity index (χ3v) is 2.58. The lowest BCUT2D eigenvalue weighted by atomic mass is 10.1. The molecule has 102 valence electrons. The van der Waals surface area contributed by atoms with Crippen LogP contribution in [0.1, 0.15) is 27.7 Å². The molecule has 1 fully saturated rings. The van der Waals surface area contributed by atoms with Crippen LogP contribution < -0.4 is 0 Å². The summed E-state index contributed by atoms with van der Waals surface area (Å²) in [7, 11) is 0. The number of carbonyl (C=O) groups is 2. The van der Waals surface area contributed by atoms with Crippen molar-refractivity contribution in [3.8, 4) is 0 Å². The van der Waals surface area contributed by atoms with E-state index < -0.39 is 5.60 Å². The van der Waals surface area contributed by atoms with Gasteiger partial charge in [-0.2, -0.15) is 0 Å². The van der Waals surface area contributed by atoms with E-state index >= 15 is 0 Å². The monoisotopic (exact) mass is 255 g/mol. The van der Waals surface area contributed by atoms with Gasteiger partial charge in [-0.15, -0.1) is 6.58 Å². The molecule has 0 aromatic carbocycles. The zero-order valence-corrected chi connectivity index (χ0v) is 11.4. The fraction of sp³-hybridized carbons (Fsp3) is 0.692. The fourth-order valence-electron chi connectivity index (χ4n) is 1.84. The first-order valence-corrected chi connectivity index (χ1v) is 6.00.